The summed E-state index contributed by atoms with van der Waals surface area (Å²) in [4.78, 5) is 0. The van der Waals surface area contributed by atoms with Crippen LogP contribution in [0.15, 0.2) is 0 Å². The zero-order chi connectivity index (χ0) is 9.41. The van der Waals surface area contributed by atoms with Gasteiger partial charge in [-0.1, -0.05) is 27.2 Å². The highest BCUT2D eigenvalue weighted by Gasteiger charge is 2.44. The molecule has 3 heteroatoms. The molecule has 1 atom stereocenters. The van der Waals surface area contributed by atoms with Crippen molar-refractivity contribution in [1.82, 2.24) is 0 Å². The maximum atomic E-state index is 11.6. The summed E-state index contributed by atoms with van der Waals surface area (Å²) in [5, 5.41) is -0.0880. The molecule has 0 aromatic rings. The first-order valence-electron chi connectivity index (χ1n) is 4.62. The molecule has 0 aliphatic carbocycles. The summed E-state index contributed by atoms with van der Waals surface area (Å²) >= 11 is 0. The van der Waals surface area contributed by atoms with E-state index in [1.165, 1.54) is 0 Å². The smallest absolute Gasteiger partial charge is 0.153 e. The molecule has 1 unspecified atom stereocenters. The van der Waals surface area contributed by atoms with E-state index in [2.05, 4.69) is 13.8 Å². The Balaban J connectivity index is 2.89. The van der Waals surface area contributed by atoms with E-state index in [4.69, 9.17) is 0 Å². The average molecular weight is 190 g/mol. The van der Waals surface area contributed by atoms with Crippen molar-refractivity contribution in [3.63, 3.8) is 0 Å². The predicted molar refractivity (Wildman–Crippen MR) is 50.9 cm³/mol. The summed E-state index contributed by atoms with van der Waals surface area (Å²) in [6.45, 7) is 6.18. The molecule has 1 heterocycles. The third-order valence-corrected chi connectivity index (χ3v) is 5.40. The fourth-order valence-electron chi connectivity index (χ4n) is 2.03. The lowest BCUT2D eigenvalue weighted by Gasteiger charge is -2.24. The lowest BCUT2D eigenvalue weighted by atomic mass is 9.84. The van der Waals surface area contributed by atoms with E-state index < -0.39 is 9.84 Å². The van der Waals surface area contributed by atoms with Crippen molar-refractivity contribution in [1.29, 1.82) is 0 Å². The van der Waals surface area contributed by atoms with Gasteiger partial charge in [-0.3, -0.25) is 0 Å². The quantitative estimate of drug-likeness (QED) is 0.667. The monoisotopic (exact) mass is 190 g/mol. The first-order valence-corrected chi connectivity index (χ1v) is 6.33. The van der Waals surface area contributed by atoms with Crippen molar-refractivity contribution in [2.24, 2.45) is 5.41 Å². The van der Waals surface area contributed by atoms with Gasteiger partial charge in [0.25, 0.3) is 0 Å². The highest BCUT2D eigenvalue weighted by Crippen LogP contribution is 2.40. The van der Waals surface area contributed by atoms with Crippen LogP contribution in [0.25, 0.3) is 0 Å². The third-order valence-electron chi connectivity index (χ3n) is 2.89. The van der Waals surface area contributed by atoms with Crippen LogP contribution in [-0.4, -0.2) is 19.4 Å². The van der Waals surface area contributed by atoms with Crippen molar-refractivity contribution in [3.8, 4) is 0 Å². The maximum Gasteiger partial charge on any atom is 0.153 e. The van der Waals surface area contributed by atoms with Crippen LogP contribution in [0.3, 0.4) is 0 Å². The van der Waals surface area contributed by atoms with Gasteiger partial charge >= 0.3 is 0 Å². The van der Waals surface area contributed by atoms with Crippen LogP contribution < -0.4 is 0 Å². The van der Waals surface area contributed by atoms with E-state index in [1.54, 1.807) is 0 Å². The third kappa shape index (κ3) is 1.65. The molecule has 1 rings (SSSR count). The Morgan fingerprint density at radius 2 is 2.00 bits per heavy atom. The molecule has 0 saturated carbocycles. The zero-order valence-corrected chi connectivity index (χ0v) is 8.95. The molecule has 1 fully saturated rings. The van der Waals surface area contributed by atoms with E-state index in [0.29, 0.717) is 5.75 Å². The van der Waals surface area contributed by atoms with Crippen LogP contribution in [0, 0.1) is 5.41 Å². The molecule has 0 bridgehead atoms. The van der Waals surface area contributed by atoms with Crippen LogP contribution in [0.5, 0.6) is 0 Å². The Labute approximate surface area is 75.3 Å². The van der Waals surface area contributed by atoms with Crippen LogP contribution in [0.4, 0.5) is 0 Å². The molecular formula is C9H18O2S. The minimum atomic E-state index is -2.76. The fraction of sp³-hybridized carbons (Fsp3) is 1.00. The number of hydrogen-bond donors (Lipinski definition) is 0. The number of rotatable bonds is 2. The van der Waals surface area contributed by atoms with Crippen molar-refractivity contribution < 1.29 is 8.42 Å². The highest BCUT2D eigenvalue weighted by molar-refractivity contribution is 7.92. The minimum Gasteiger partial charge on any atom is -0.229 e. The summed E-state index contributed by atoms with van der Waals surface area (Å²) in [5.74, 6) is 0.394. The lowest BCUT2D eigenvalue weighted by molar-refractivity contribution is 0.340. The van der Waals surface area contributed by atoms with Gasteiger partial charge in [-0.05, 0) is 18.3 Å². The molecule has 72 valence electrons. The standard InChI is InChI=1S/C9H18O2S/c1-4-5-8-9(2,3)6-7-12(8,10)11/h8H,4-7H2,1-3H3. The van der Waals surface area contributed by atoms with Crippen LogP contribution in [0.1, 0.15) is 40.0 Å². The maximum absolute atomic E-state index is 11.6. The number of hydrogen-bond acceptors (Lipinski definition) is 2. The Hall–Kier alpha value is -0.0500. The fourth-order valence-corrected chi connectivity index (χ4v) is 4.81. The summed E-state index contributed by atoms with van der Waals surface area (Å²) < 4.78 is 23.1. The second-order valence-corrected chi connectivity index (χ2v) is 6.69. The molecular weight excluding hydrogens is 172 g/mol. The molecule has 0 radical (unpaired) electrons. The van der Waals surface area contributed by atoms with Crippen LogP contribution in [-0.2, 0) is 9.84 Å². The van der Waals surface area contributed by atoms with E-state index in [9.17, 15) is 8.42 Å². The van der Waals surface area contributed by atoms with E-state index in [0.717, 1.165) is 19.3 Å². The predicted octanol–water partition coefficient (Wildman–Crippen LogP) is 2.00. The van der Waals surface area contributed by atoms with Gasteiger partial charge in [-0.2, -0.15) is 0 Å². The van der Waals surface area contributed by atoms with Crippen LogP contribution in [0.2, 0.25) is 0 Å². The normalized spacial score (nSPS) is 32.1. The zero-order valence-electron chi connectivity index (χ0n) is 8.13. The van der Waals surface area contributed by atoms with Gasteiger partial charge < -0.3 is 0 Å². The number of sulfone groups is 1. The van der Waals surface area contributed by atoms with Gasteiger partial charge in [0.05, 0.1) is 11.0 Å². The molecule has 1 aliphatic rings. The second kappa shape index (κ2) is 3.02. The lowest BCUT2D eigenvalue weighted by Crippen LogP contribution is -2.28. The molecule has 1 aliphatic heterocycles. The van der Waals surface area contributed by atoms with Gasteiger partial charge in [0.1, 0.15) is 0 Å². The molecule has 0 aromatic carbocycles. The summed E-state index contributed by atoms with van der Waals surface area (Å²) in [7, 11) is -2.76. The summed E-state index contributed by atoms with van der Waals surface area (Å²) in [6, 6.07) is 0. The van der Waals surface area contributed by atoms with Gasteiger partial charge in [-0.15, -0.1) is 0 Å². The second-order valence-electron chi connectivity index (χ2n) is 4.38. The Kier molecular flexibility index (Phi) is 2.52. The first kappa shape index (κ1) is 10.0. The highest BCUT2D eigenvalue weighted by atomic mass is 32.2. The molecule has 0 N–H and O–H groups in total. The molecule has 12 heavy (non-hydrogen) atoms. The average Bonchev–Trinajstić information content (AvgIpc) is 2.13. The topological polar surface area (TPSA) is 34.1 Å². The summed E-state index contributed by atoms with van der Waals surface area (Å²) in [6.07, 6.45) is 2.63. The SMILES string of the molecule is CCCC1C(C)(C)CCS1(=O)=O. The van der Waals surface area contributed by atoms with Crippen molar-refractivity contribution in [3.05, 3.63) is 0 Å². The molecule has 0 aromatic heterocycles. The Bertz CT molecular complexity index is 252. The minimum absolute atomic E-state index is 0.00877. The van der Waals surface area contributed by atoms with Gasteiger partial charge in [-0.25, -0.2) is 8.42 Å². The van der Waals surface area contributed by atoms with E-state index >= 15 is 0 Å². The largest absolute Gasteiger partial charge is 0.229 e. The van der Waals surface area contributed by atoms with Crippen molar-refractivity contribution in [2.45, 2.75) is 45.3 Å². The molecule has 0 amide bonds. The van der Waals surface area contributed by atoms with Crippen molar-refractivity contribution in [2.75, 3.05) is 5.75 Å². The Morgan fingerprint density at radius 1 is 1.42 bits per heavy atom. The first-order chi connectivity index (χ1) is 5.40. The van der Waals surface area contributed by atoms with E-state index in [1.807, 2.05) is 6.92 Å². The van der Waals surface area contributed by atoms with Crippen molar-refractivity contribution >= 4 is 9.84 Å². The molecule has 0 spiro atoms. The van der Waals surface area contributed by atoms with Gasteiger partial charge in [0.15, 0.2) is 9.84 Å². The molecule has 2 nitrogen and oxygen atoms in total. The van der Waals surface area contributed by atoms with Crippen LogP contribution >= 0.6 is 0 Å². The Morgan fingerprint density at radius 3 is 2.33 bits per heavy atom. The van der Waals surface area contributed by atoms with E-state index in [-0.39, 0.29) is 10.7 Å². The van der Waals surface area contributed by atoms with Gasteiger partial charge in [0.2, 0.25) is 0 Å². The summed E-state index contributed by atoms with van der Waals surface area (Å²) in [5.41, 5.74) is 0.00877. The molecule has 1 saturated heterocycles. The van der Waals surface area contributed by atoms with Gasteiger partial charge in [0, 0.05) is 0 Å².